The lowest BCUT2D eigenvalue weighted by molar-refractivity contribution is 0.660. The van der Waals surface area contributed by atoms with Crippen LogP contribution in [0.5, 0.6) is 0 Å². The zero-order valence-electron chi connectivity index (χ0n) is 44.5. The summed E-state index contributed by atoms with van der Waals surface area (Å²) in [4.78, 5) is 6.80. The van der Waals surface area contributed by atoms with E-state index < -0.39 is 18.1 Å². The molecule has 0 saturated heterocycles. The van der Waals surface area contributed by atoms with Gasteiger partial charge in [-0.3, -0.25) is 0 Å². The van der Waals surface area contributed by atoms with E-state index in [2.05, 4.69) is 183 Å². The van der Waals surface area contributed by atoms with Crippen LogP contribution in [0.1, 0.15) is 56.8 Å². The maximum Gasteiger partial charge on any atom is 0.252 e. The third-order valence-electron chi connectivity index (χ3n) is 15.7. The van der Waals surface area contributed by atoms with Crippen LogP contribution in [0, 0.1) is 0 Å². The molecule has 0 bridgehead atoms. The minimum atomic E-state index is -0.436. The van der Waals surface area contributed by atoms with Gasteiger partial charge in [0.15, 0.2) is 0 Å². The van der Waals surface area contributed by atoms with Gasteiger partial charge in [-0.2, -0.15) is 0 Å². The molecule has 0 unspecified atom stereocenters. The van der Waals surface area contributed by atoms with Crippen molar-refractivity contribution in [2.24, 2.45) is 0 Å². The maximum atomic E-state index is 9.51. The van der Waals surface area contributed by atoms with E-state index in [0.29, 0.717) is 11.4 Å². The monoisotopic (exact) mass is 900 g/mol. The number of rotatable bonds is 6. The van der Waals surface area contributed by atoms with Crippen LogP contribution in [0.3, 0.4) is 0 Å². The standard InChI is InChI=1S/C66H50BN3/c1-65(2)52-29-14-11-26-48(52)50-39-37-45(41-54(50)65)69-60-35-20-36-61-64(60)67(55-31-16-18-33-58(55)70(61)59-34-19-28-51-49-27-12-15-30-53(49)66(3,4)63(51)59)56-40-38-46(42-62(56)69)68(44-23-9-6-10-24-44)57-32-17-13-25-47(57)43-21-7-5-8-22-43/h5-42H,1-4H3/i6D,9D,10D,23D,24D. The van der Waals surface area contributed by atoms with Crippen molar-refractivity contribution in [2.45, 2.75) is 38.5 Å². The third kappa shape index (κ3) is 5.71. The Bertz CT molecular complexity index is 4050. The second-order valence-corrected chi connectivity index (χ2v) is 20.1. The van der Waals surface area contributed by atoms with E-state index in [-0.39, 0.29) is 35.3 Å². The van der Waals surface area contributed by atoms with Crippen LogP contribution >= 0.6 is 0 Å². The van der Waals surface area contributed by atoms with Crippen LogP contribution in [-0.2, 0) is 10.8 Å². The highest BCUT2D eigenvalue weighted by molar-refractivity contribution is 7.00. The summed E-state index contributed by atoms with van der Waals surface area (Å²) in [6, 6.07) is 69.6. The fourth-order valence-corrected chi connectivity index (χ4v) is 12.7. The highest BCUT2D eigenvalue weighted by atomic mass is 15.2. The van der Waals surface area contributed by atoms with E-state index >= 15 is 0 Å². The molecule has 2 heterocycles. The molecule has 0 aromatic heterocycles. The summed E-state index contributed by atoms with van der Waals surface area (Å²) in [6.45, 7) is 9.16. The van der Waals surface area contributed by atoms with E-state index in [1.807, 2.05) is 59.5 Å². The van der Waals surface area contributed by atoms with Gasteiger partial charge in [-0.25, -0.2) is 0 Å². The smallest absolute Gasteiger partial charge is 0.252 e. The van der Waals surface area contributed by atoms with Crippen LogP contribution in [0.15, 0.2) is 230 Å². The number of hydrogen-bond acceptors (Lipinski definition) is 3. The molecule has 0 radical (unpaired) electrons. The molecular weight excluding hydrogens is 846 g/mol. The van der Waals surface area contributed by atoms with Crippen molar-refractivity contribution in [3.05, 3.63) is 253 Å². The van der Waals surface area contributed by atoms with Gasteiger partial charge >= 0.3 is 0 Å². The molecule has 0 spiro atoms. The van der Waals surface area contributed by atoms with Crippen molar-refractivity contribution in [3.63, 3.8) is 0 Å². The molecule has 0 saturated carbocycles. The van der Waals surface area contributed by atoms with Crippen molar-refractivity contribution in [1.82, 2.24) is 0 Å². The second-order valence-electron chi connectivity index (χ2n) is 20.1. The van der Waals surface area contributed by atoms with Gasteiger partial charge in [0, 0.05) is 56.2 Å². The molecule has 4 aliphatic rings. The summed E-state index contributed by atoms with van der Waals surface area (Å²) in [5.41, 5.74) is 22.7. The van der Waals surface area contributed by atoms with Crippen molar-refractivity contribution < 1.29 is 6.85 Å². The largest absolute Gasteiger partial charge is 0.311 e. The minimum absolute atomic E-state index is 0.0746. The first kappa shape index (κ1) is 35.8. The molecular formula is C66H50BN3. The van der Waals surface area contributed by atoms with Crippen molar-refractivity contribution in [2.75, 3.05) is 14.7 Å². The average Bonchev–Trinajstić information content (AvgIpc) is 3.82. The summed E-state index contributed by atoms with van der Waals surface area (Å²) >= 11 is 0. The minimum Gasteiger partial charge on any atom is -0.311 e. The Morgan fingerprint density at radius 2 is 1.00 bits per heavy atom. The van der Waals surface area contributed by atoms with Crippen LogP contribution in [-0.4, -0.2) is 6.71 Å². The Morgan fingerprint density at radius 1 is 0.414 bits per heavy atom. The van der Waals surface area contributed by atoms with E-state index in [4.69, 9.17) is 4.11 Å². The predicted octanol–water partition coefficient (Wildman–Crippen LogP) is 15.5. The normalized spacial score (nSPS) is 15.7. The van der Waals surface area contributed by atoms with Gasteiger partial charge in [-0.05, 0) is 133 Å². The Labute approximate surface area is 418 Å². The quantitative estimate of drug-likeness (QED) is 0.154. The van der Waals surface area contributed by atoms with E-state index in [9.17, 15) is 2.74 Å². The van der Waals surface area contributed by atoms with Gasteiger partial charge < -0.3 is 14.7 Å². The van der Waals surface area contributed by atoms with E-state index in [0.717, 1.165) is 50.7 Å². The molecule has 0 N–H and O–H groups in total. The molecule has 70 heavy (non-hydrogen) atoms. The van der Waals surface area contributed by atoms with E-state index in [1.165, 1.54) is 55.4 Å². The molecule has 10 aromatic rings. The SMILES string of the molecule is [2H]c1c([2H])c([2H])c(N(c2ccc3c(c2)N(c2ccc4c(c2)C(C)(C)c2ccccc2-4)c2cccc4c2B3c2ccccc2N4c2cccc3c2C(C)(C)c2ccccc2-3)c2ccccc2-c2ccccc2)c([2H])c1[2H]. The summed E-state index contributed by atoms with van der Waals surface area (Å²) in [5.74, 6) is 0. The highest BCUT2D eigenvalue weighted by Gasteiger charge is 2.46. The van der Waals surface area contributed by atoms with Crippen LogP contribution in [0.25, 0.3) is 33.4 Å². The highest BCUT2D eigenvalue weighted by Crippen LogP contribution is 2.56. The summed E-state index contributed by atoms with van der Waals surface area (Å²) < 4.78 is 45.6. The molecule has 2 aliphatic carbocycles. The topological polar surface area (TPSA) is 9.72 Å². The number of para-hydroxylation sites is 3. The van der Waals surface area contributed by atoms with Crippen LogP contribution in [0.4, 0.5) is 51.2 Å². The lowest BCUT2D eigenvalue weighted by Gasteiger charge is -2.45. The Morgan fingerprint density at radius 3 is 1.80 bits per heavy atom. The number of hydrogen-bond donors (Lipinski definition) is 0. The zero-order valence-corrected chi connectivity index (χ0v) is 39.5. The maximum absolute atomic E-state index is 9.51. The van der Waals surface area contributed by atoms with Crippen molar-refractivity contribution in [1.29, 1.82) is 0 Å². The van der Waals surface area contributed by atoms with Crippen molar-refractivity contribution in [3.8, 4) is 33.4 Å². The number of nitrogens with zero attached hydrogens (tertiary/aromatic N) is 3. The van der Waals surface area contributed by atoms with Gasteiger partial charge in [0.1, 0.15) is 0 Å². The van der Waals surface area contributed by atoms with Crippen LogP contribution < -0.4 is 31.1 Å². The molecule has 4 heteroatoms. The molecule has 0 atom stereocenters. The Kier molecular flexibility index (Phi) is 7.70. The molecule has 3 nitrogen and oxygen atoms in total. The van der Waals surface area contributed by atoms with E-state index in [1.54, 1.807) is 0 Å². The second kappa shape index (κ2) is 15.1. The first-order valence-corrected chi connectivity index (χ1v) is 24.3. The number of fused-ring (bicyclic) bond motifs is 10. The fourth-order valence-electron chi connectivity index (χ4n) is 12.7. The molecule has 14 rings (SSSR count). The summed E-state index contributed by atoms with van der Waals surface area (Å²) in [7, 11) is 0. The summed E-state index contributed by atoms with van der Waals surface area (Å²) in [6.07, 6.45) is 0. The van der Waals surface area contributed by atoms with Crippen LogP contribution in [0.2, 0.25) is 0 Å². The molecule has 10 aromatic carbocycles. The predicted molar refractivity (Wildman–Crippen MR) is 296 cm³/mol. The lowest BCUT2D eigenvalue weighted by atomic mass is 9.33. The Hall–Kier alpha value is -8.34. The fraction of sp³-hybridized carbons (Fsp3) is 0.0909. The average molecular weight is 901 g/mol. The first-order valence-electron chi connectivity index (χ1n) is 26.8. The molecule has 2 aliphatic heterocycles. The number of benzene rings is 10. The van der Waals surface area contributed by atoms with Gasteiger partial charge in [0.25, 0.3) is 6.71 Å². The third-order valence-corrected chi connectivity index (χ3v) is 15.7. The molecule has 0 amide bonds. The summed E-state index contributed by atoms with van der Waals surface area (Å²) in [5, 5.41) is 0. The first-order chi connectivity index (χ1) is 36.4. The van der Waals surface area contributed by atoms with Crippen molar-refractivity contribution >= 4 is 74.3 Å². The molecule has 332 valence electrons. The zero-order chi connectivity index (χ0) is 51.2. The lowest BCUT2D eigenvalue weighted by Crippen LogP contribution is -2.61. The van der Waals surface area contributed by atoms with Gasteiger partial charge in [-0.1, -0.05) is 191 Å². The number of anilines is 9. The van der Waals surface area contributed by atoms with Gasteiger partial charge in [0.05, 0.1) is 18.2 Å². The van der Waals surface area contributed by atoms with Gasteiger partial charge in [-0.15, -0.1) is 0 Å². The molecule has 0 fully saturated rings. The van der Waals surface area contributed by atoms with Gasteiger partial charge in [0.2, 0.25) is 0 Å². The Balaban J connectivity index is 1.05.